The van der Waals surface area contributed by atoms with E-state index in [2.05, 4.69) is 21.3 Å². The largest absolute Gasteiger partial charge is 0.662 e. The third-order valence-corrected chi connectivity index (χ3v) is 2.75. The minimum Gasteiger partial charge on any atom is -0.662 e. The number of halogens is 12. The molecule has 1 fully saturated rings. The van der Waals surface area contributed by atoms with E-state index < -0.39 is 26.7 Å². The number of hydrogen-bond acceptors (Lipinski definition) is 3. The SMILES string of the molecule is C1C[N-]CCCNCCCNCCCNC1.F[C-](F)F.F[C-](F)F.F[C-](F)F.F[C-](F)F.[Ti]. The van der Waals surface area contributed by atoms with Gasteiger partial charge in [0.2, 0.25) is 0 Å². The zero-order valence-corrected chi connectivity index (χ0v) is 19.0. The van der Waals surface area contributed by atoms with Gasteiger partial charge in [-0.3, -0.25) is 0 Å². The third-order valence-electron chi connectivity index (χ3n) is 2.75. The molecule has 0 saturated carbocycles. The van der Waals surface area contributed by atoms with E-state index in [9.17, 15) is 52.7 Å². The summed E-state index contributed by atoms with van der Waals surface area (Å²) in [5.41, 5.74) is 0. The Bertz CT molecular complexity index is 214. The van der Waals surface area contributed by atoms with Gasteiger partial charge in [0.15, 0.2) is 26.7 Å². The van der Waals surface area contributed by atoms with Gasteiger partial charge in [0.05, 0.1) is 0 Å². The van der Waals surface area contributed by atoms with Gasteiger partial charge in [0, 0.05) is 21.7 Å². The van der Waals surface area contributed by atoms with E-state index in [4.69, 9.17) is 0 Å². The maximum absolute atomic E-state index is 9.58. The molecule has 1 heterocycles. The van der Waals surface area contributed by atoms with Gasteiger partial charge < -0.3 is 74.0 Å². The van der Waals surface area contributed by atoms with Gasteiger partial charge in [-0.05, 0) is 52.1 Å². The van der Waals surface area contributed by atoms with Crippen LogP contribution in [0.5, 0.6) is 0 Å². The van der Waals surface area contributed by atoms with Crippen LogP contribution in [-0.4, -0.2) is 52.4 Å². The maximum atomic E-state index is 9.58. The number of nitrogens with one attached hydrogen (secondary N) is 3. The Morgan fingerprint density at radius 2 is 0.576 bits per heavy atom. The van der Waals surface area contributed by atoms with Crippen molar-refractivity contribution in [2.45, 2.75) is 25.7 Å². The Kier molecular flexibility index (Phi) is 50.6. The molecule has 0 atom stereocenters. The van der Waals surface area contributed by atoms with E-state index in [1.165, 1.54) is 25.7 Å². The zero-order chi connectivity index (χ0) is 25.6. The molecule has 1 aliphatic rings. The van der Waals surface area contributed by atoms with Crippen molar-refractivity contribution in [3.05, 3.63) is 32.0 Å². The van der Waals surface area contributed by atoms with Gasteiger partial charge in [-0.1, -0.05) is 12.8 Å². The Balaban J connectivity index is -0.000000126. The fourth-order valence-corrected chi connectivity index (χ4v) is 1.80. The van der Waals surface area contributed by atoms with E-state index in [0.717, 1.165) is 52.4 Å². The standard InChI is InChI=1S/C12H27N4.4CF3.Ti/c1-5-13-7-2-9-15-11-4-12-16-10-3-8-14-6-1;4*2-1(3)4;/h13-15H,1-12H2;;;;;/q5*-1;. The van der Waals surface area contributed by atoms with Crippen LogP contribution in [0, 0.1) is 26.7 Å². The number of hydrogen-bond donors (Lipinski definition) is 3. The molecule has 0 bridgehead atoms. The van der Waals surface area contributed by atoms with Crippen LogP contribution >= 0.6 is 0 Å². The second-order valence-corrected chi connectivity index (χ2v) is 5.19. The summed E-state index contributed by atoms with van der Waals surface area (Å²) in [7, 11) is 0. The van der Waals surface area contributed by atoms with Crippen molar-refractivity contribution in [3.8, 4) is 0 Å². The fourth-order valence-electron chi connectivity index (χ4n) is 1.80. The van der Waals surface area contributed by atoms with Crippen LogP contribution in [0.3, 0.4) is 0 Å². The quantitative estimate of drug-likeness (QED) is 0.195. The summed E-state index contributed by atoms with van der Waals surface area (Å²) in [6.45, 7) is -3.54. The van der Waals surface area contributed by atoms with Gasteiger partial charge in [-0.15, -0.1) is 13.1 Å². The van der Waals surface area contributed by atoms with Gasteiger partial charge in [0.1, 0.15) is 0 Å². The van der Waals surface area contributed by atoms with E-state index in [0.29, 0.717) is 0 Å². The van der Waals surface area contributed by atoms with Crippen molar-refractivity contribution in [3.63, 3.8) is 0 Å². The molecule has 0 amide bonds. The van der Waals surface area contributed by atoms with Crippen LogP contribution < -0.4 is 16.0 Å². The summed E-state index contributed by atoms with van der Waals surface area (Å²) in [5.74, 6) is 0. The van der Waals surface area contributed by atoms with E-state index in [-0.39, 0.29) is 21.7 Å². The predicted molar refractivity (Wildman–Crippen MR) is 96.4 cm³/mol. The Morgan fingerprint density at radius 3 is 0.788 bits per heavy atom. The molecule has 3 N–H and O–H groups in total. The van der Waals surface area contributed by atoms with Crippen LogP contribution in [0.4, 0.5) is 52.7 Å². The summed E-state index contributed by atoms with van der Waals surface area (Å²) in [4.78, 5) is 0. The van der Waals surface area contributed by atoms with Crippen molar-refractivity contribution >= 4 is 0 Å². The molecule has 0 aromatic heterocycles. The first-order valence-corrected chi connectivity index (χ1v) is 9.02. The zero-order valence-electron chi connectivity index (χ0n) is 17.5. The second kappa shape index (κ2) is 39.0. The average Bonchev–Trinajstić information content (AvgIpc) is 2.60. The molecule has 4 nitrogen and oxygen atoms in total. The van der Waals surface area contributed by atoms with E-state index in [1.54, 1.807) is 0 Å². The fraction of sp³-hybridized carbons (Fsp3) is 0.750. The van der Waals surface area contributed by atoms with Gasteiger partial charge >= 0.3 is 0 Å². The molecule has 0 spiro atoms. The molecule has 17 heteroatoms. The molecule has 0 unspecified atom stereocenters. The molecule has 1 aliphatic heterocycles. The topological polar surface area (TPSA) is 50.2 Å². The first-order valence-electron chi connectivity index (χ1n) is 9.02. The molecule has 1 rings (SSSR count). The second-order valence-electron chi connectivity index (χ2n) is 5.19. The maximum Gasteiger partial charge on any atom is 0.154 e. The normalized spacial score (nSPS) is 16.0. The van der Waals surface area contributed by atoms with Crippen molar-refractivity contribution in [1.29, 1.82) is 0 Å². The molecular formula is C16H27F12N4Ti-5. The minimum atomic E-state index is -3.08. The predicted octanol–water partition coefficient (Wildman–Crippen LogP) is 6.07. The van der Waals surface area contributed by atoms with Crippen LogP contribution in [0.25, 0.3) is 5.32 Å². The molecule has 0 aromatic rings. The third kappa shape index (κ3) is 113. The summed E-state index contributed by atoms with van der Waals surface area (Å²) in [5, 5.41) is 14.9. The van der Waals surface area contributed by atoms with Crippen LogP contribution in [0.15, 0.2) is 0 Å². The monoisotopic (exact) mass is 551 g/mol. The smallest absolute Gasteiger partial charge is 0.154 e. The van der Waals surface area contributed by atoms with E-state index >= 15 is 0 Å². The van der Waals surface area contributed by atoms with Gasteiger partial charge in [-0.2, -0.15) is 0 Å². The summed E-state index contributed by atoms with van der Waals surface area (Å²) in [6, 6.07) is 0. The molecule has 0 aromatic carbocycles. The molecular weight excluding hydrogens is 524 g/mol. The summed E-state index contributed by atoms with van der Waals surface area (Å²) >= 11 is 0. The molecule has 0 radical (unpaired) electrons. The van der Waals surface area contributed by atoms with Crippen LogP contribution in [0.2, 0.25) is 0 Å². The van der Waals surface area contributed by atoms with Gasteiger partial charge in [0.25, 0.3) is 0 Å². The number of nitrogens with zero attached hydrogens (tertiary/aromatic N) is 1. The molecule has 204 valence electrons. The Labute approximate surface area is 200 Å². The molecule has 33 heavy (non-hydrogen) atoms. The average molecular weight is 551 g/mol. The van der Waals surface area contributed by atoms with Crippen molar-refractivity contribution < 1.29 is 74.4 Å². The van der Waals surface area contributed by atoms with Crippen molar-refractivity contribution in [2.24, 2.45) is 0 Å². The first-order chi connectivity index (χ1) is 14.9. The summed E-state index contributed by atoms with van der Waals surface area (Å²) < 4.78 is 115. The van der Waals surface area contributed by atoms with Crippen LogP contribution in [0.1, 0.15) is 25.7 Å². The van der Waals surface area contributed by atoms with Crippen molar-refractivity contribution in [2.75, 3.05) is 52.4 Å². The Morgan fingerprint density at radius 1 is 0.394 bits per heavy atom. The van der Waals surface area contributed by atoms with E-state index in [1.807, 2.05) is 0 Å². The summed E-state index contributed by atoms with van der Waals surface area (Å²) in [6.07, 6.45) is 4.82. The molecule has 0 aliphatic carbocycles. The van der Waals surface area contributed by atoms with Crippen molar-refractivity contribution in [1.82, 2.24) is 16.0 Å². The Hall–Kier alpha value is -0.286. The van der Waals surface area contributed by atoms with Crippen LogP contribution in [-0.2, 0) is 21.7 Å². The van der Waals surface area contributed by atoms with Gasteiger partial charge in [-0.25, -0.2) is 0 Å². The minimum absolute atomic E-state index is 0. The number of rotatable bonds is 0. The first kappa shape index (κ1) is 42.8. The molecule has 1 saturated heterocycles.